The van der Waals surface area contributed by atoms with Crippen molar-refractivity contribution in [1.82, 2.24) is 0 Å². The molecule has 80 valence electrons. The topological polar surface area (TPSA) is 9.23 Å². The van der Waals surface area contributed by atoms with Crippen molar-refractivity contribution < 1.29 is 4.74 Å². The van der Waals surface area contributed by atoms with Crippen LogP contribution in [0.3, 0.4) is 0 Å². The van der Waals surface area contributed by atoms with E-state index in [1.807, 2.05) is 0 Å². The lowest BCUT2D eigenvalue weighted by Gasteiger charge is -2.29. The monoisotopic (exact) mass is 186 g/mol. The number of hydrogen-bond acceptors (Lipinski definition) is 1. The molecule has 0 aromatic heterocycles. The highest BCUT2D eigenvalue weighted by Gasteiger charge is 2.21. The number of hydrogen-bond donors (Lipinski definition) is 0. The van der Waals surface area contributed by atoms with Gasteiger partial charge in [-0.2, -0.15) is 0 Å². The van der Waals surface area contributed by atoms with E-state index >= 15 is 0 Å². The molecule has 0 N–H and O–H groups in total. The minimum absolute atomic E-state index is 0.407. The van der Waals surface area contributed by atoms with Gasteiger partial charge in [-0.05, 0) is 31.1 Å². The van der Waals surface area contributed by atoms with Gasteiger partial charge in [-0.15, -0.1) is 0 Å². The van der Waals surface area contributed by atoms with Crippen LogP contribution in [0.4, 0.5) is 0 Å². The molecule has 0 aliphatic rings. The fourth-order valence-corrected chi connectivity index (χ4v) is 1.24. The summed E-state index contributed by atoms with van der Waals surface area (Å²) >= 11 is 0. The van der Waals surface area contributed by atoms with Gasteiger partial charge >= 0.3 is 0 Å². The van der Waals surface area contributed by atoms with Gasteiger partial charge in [-0.1, -0.05) is 34.6 Å². The van der Waals surface area contributed by atoms with Crippen LogP contribution in [0.15, 0.2) is 0 Å². The van der Waals surface area contributed by atoms with Crippen LogP contribution in [-0.2, 0) is 4.74 Å². The van der Waals surface area contributed by atoms with E-state index in [-0.39, 0.29) is 0 Å². The fourth-order valence-electron chi connectivity index (χ4n) is 1.24. The minimum atomic E-state index is 0.407. The van der Waals surface area contributed by atoms with Crippen molar-refractivity contribution in [3.05, 3.63) is 0 Å². The summed E-state index contributed by atoms with van der Waals surface area (Å²) in [5.41, 5.74) is 0.407. The smallest absolute Gasteiger partial charge is 0.0549 e. The Bertz CT molecular complexity index is 124. The lowest BCUT2D eigenvalue weighted by Crippen LogP contribution is -2.23. The molecule has 0 aromatic carbocycles. The zero-order valence-corrected chi connectivity index (χ0v) is 10.2. The Morgan fingerprint density at radius 3 is 2.08 bits per heavy atom. The maximum Gasteiger partial charge on any atom is 0.0549 e. The molecular formula is C12H26O. The molecule has 1 nitrogen and oxygen atoms in total. The van der Waals surface area contributed by atoms with Crippen LogP contribution in [0.1, 0.15) is 54.4 Å². The molecule has 2 unspecified atom stereocenters. The van der Waals surface area contributed by atoms with E-state index in [2.05, 4.69) is 41.5 Å². The van der Waals surface area contributed by atoms with E-state index in [9.17, 15) is 0 Å². The molecule has 0 saturated carbocycles. The molecule has 1 heteroatoms. The molecule has 13 heavy (non-hydrogen) atoms. The molecule has 0 heterocycles. The van der Waals surface area contributed by atoms with Crippen molar-refractivity contribution in [2.75, 3.05) is 6.61 Å². The first-order valence-corrected chi connectivity index (χ1v) is 5.49. The predicted octanol–water partition coefficient (Wildman–Crippen LogP) is 3.87. The summed E-state index contributed by atoms with van der Waals surface area (Å²) in [4.78, 5) is 0. The van der Waals surface area contributed by atoms with Gasteiger partial charge < -0.3 is 4.74 Å². The summed E-state index contributed by atoms with van der Waals surface area (Å²) in [5, 5.41) is 0. The van der Waals surface area contributed by atoms with Crippen LogP contribution in [-0.4, -0.2) is 12.7 Å². The Balaban J connectivity index is 3.71. The SMILES string of the molecule is CCCOC(C)CC(C)C(C)(C)C. The van der Waals surface area contributed by atoms with Gasteiger partial charge in [0.2, 0.25) is 0 Å². The average Bonchev–Trinajstić information content (AvgIpc) is 1.99. The van der Waals surface area contributed by atoms with Gasteiger partial charge in [0.15, 0.2) is 0 Å². The minimum Gasteiger partial charge on any atom is -0.379 e. The maximum absolute atomic E-state index is 5.66. The van der Waals surface area contributed by atoms with E-state index in [0.29, 0.717) is 11.5 Å². The molecular weight excluding hydrogens is 160 g/mol. The van der Waals surface area contributed by atoms with Crippen LogP contribution < -0.4 is 0 Å². The largest absolute Gasteiger partial charge is 0.379 e. The van der Waals surface area contributed by atoms with Crippen molar-refractivity contribution in [2.45, 2.75) is 60.5 Å². The second kappa shape index (κ2) is 5.64. The highest BCUT2D eigenvalue weighted by Crippen LogP contribution is 2.29. The van der Waals surface area contributed by atoms with E-state index in [1.165, 1.54) is 6.42 Å². The Morgan fingerprint density at radius 2 is 1.69 bits per heavy atom. The van der Waals surface area contributed by atoms with Crippen LogP contribution >= 0.6 is 0 Å². The molecule has 0 spiro atoms. The number of ether oxygens (including phenoxy) is 1. The quantitative estimate of drug-likeness (QED) is 0.633. The third-order valence-corrected chi connectivity index (χ3v) is 2.77. The van der Waals surface area contributed by atoms with Crippen LogP contribution in [0.25, 0.3) is 0 Å². The summed E-state index contributed by atoms with van der Waals surface area (Å²) in [6, 6.07) is 0. The van der Waals surface area contributed by atoms with Crippen LogP contribution in [0, 0.1) is 11.3 Å². The molecule has 2 atom stereocenters. The zero-order chi connectivity index (χ0) is 10.5. The molecule has 0 rings (SSSR count). The molecule has 0 aliphatic heterocycles. The van der Waals surface area contributed by atoms with Crippen molar-refractivity contribution in [1.29, 1.82) is 0 Å². The van der Waals surface area contributed by atoms with E-state index in [0.717, 1.165) is 18.9 Å². The van der Waals surface area contributed by atoms with Gasteiger partial charge in [0.25, 0.3) is 0 Å². The Labute approximate surface area is 83.9 Å². The standard InChI is InChI=1S/C12H26O/c1-7-8-13-11(3)9-10(2)12(4,5)6/h10-11H,7-9H2,1-6H3. The third kappa shape index (κ3) is 6.09. The first-order chi connectivity index (χ1) is 5.88. The van der Waals surface area contributed by atoms with Crippen molar-refractivity contribution in [3.8, 4) is 0 Å². The molecule has 0 saturated heterocycles. The van der Waals surface area contributed by atoms with Gasteiger partial charge in [-0.3, -0.25) is 0 Å². The Hall–Kier alpha value is -0.0400. The molecule has 0 fully saturated rings. The van der Waals surface area contributed by atoms with E-state index in [1.54, 1.807) is 0 Å². The van der Waals surface area contributed by atoms with Gasteiger partial charge in [0.1, 0.15) is 0 Å². The van der Waals surface area contributed by atoms with Crippen molar-refractivity contribution >= 4 is 0 Å². The van der Waals surface area contributed by atoms with Gasteiger partial charge in [-0.25, -0.2) is 0 Å². The van der Waals surface area contributed by atoms with Crippen LogP contribution in [0.5, 0.6) is 0 Å². The average molecular weight is 186 g/mol. The van der Waals surface area contributed by atoms with Gasteiger partial charge in [0.05, 0.1) is 6.10 Å². The lowest BCUT2D eigenvalue weighted by atomic mass is 9.79. The molecule has 0 aliphatic carbocycles. The summed E-state index contributed by atoms with van der Waals surface area (Å²) in [6.45, 7) is 14.4. The number of rotatable bonds is 5. The fraction of sp³-hybridized carbons (Fsp3) is 1.00. The first-order valence-electron chi connectivity index (χ1n) is 5.49. The third-order valence-electron chi connectivity index (χ3n) is 2.77. The second-order valence-corrected chi connectivity index (χ2v) is 5.18. The Kier molecular flexibility index (Phi) is 5.62. The lowest BCUT2D eigenvalue weighted by molar-refractivity contribution is 0.0366. The summed E-state index contributed by atoms with van der Waals surface area (Å²) in [7, 11) is 0. The maximum atomic E-state index is 5.66. The predicted molar refractivity (Wildman–Crippen MR) is 58.9 cm³/mol. The van der Waals surface area contributed by atoms with Crippen molar-refractivity contribution in [3.63, 3.8) is 0 Å². The highest BCUT2D eigenvalue weighted by atomic mass is 16.5. The highest BCUT2D eigenvalue weighted by molar-refractivity contribution is 4.72. The second-order valence-electron chi connectivity index (χ2n) is 5.18. The molecule has 0 amide bonds. The van der Waals surface area contributed by atoms with Gasteiger partial charge in [0, 0.05) is 6.61 Å². The van der Waals surface area contributed by atoms with Crippen molar-refractivity contribution in [2.24, 2.45) is 11.3 Å². The molecule has 0 aromatic rings. The normalized spacial score (nSPS) is 17.1. The summed E-state index contributed by atoms with van der Waals surface area (Å²) in [5.74, 6) is 0.722. The van der Waals surface area contributed by atoms with E-state index < -0.39 is 0 Å². The van der Waals surface area contributed by atoms with E-state index in [4.69, 9.17) is 4.74 Å². The Morgan fingerprint density at radius 1 is 1.15 bits per heavy atom. The first kappa shape index (κ1) is 13.0. The molecule has 0 radical (unpaired) electrons. The summed E-state index contributed by atoms with van der Waals surface area (Å²) < 4.78 is 5.66. The molecule has 0 bridgehead atoms. The van der Waals surface area contributed by atoms with Crippen LogP contribution in [0.2, 0.25) is 0 Å². The summed E-state index contributed by atoms with van der Waals surface area (Å²) in [6.07, 6.45) is 2.70. The zero-order valence-electron chi connectivity index (χ0n) is 10.2.